The summed E-state index contributed by atoms with van der Waals surface area (Å²) in [6, 6.07) is 14.5. The minimum absolute atomic E-state index is 0.146. The smallest absolute Gasteiger partial charge is 0.0759 e. The first-order chi connectivity index (χ1) is 12.2. The predicted molar refractivity (Wildman–Crippen MR) is 102 cm³/mol. The lowest BCUT2D eigenvalue weighted by Gasteiger charge is -2.30. The SMILES string of the molecule is Clc1ccc(C2c3cccn3CCCN2Cc2cccnc2)cc1Cl. The third-order valence-electron chi connectivity index (χ3n) is 4.72. The van der Waals surface area contributed by atoms with Gasteiger partial charge in [0, 0.05) is 43.9 Å². The van der Waals surface area contributed by atoms with Gasteiger partial charge >= 0.3 is 0 Å². The third-order valence-corrected chi connectivity index (χ3v) is 5.46. The maximum atomic E-state index is 6.32. The van der Waals surface area contributed by atoms with Crippen molar-refractivity contribution in [1.29, 1.82) is 0 Å². The van der Waals surface area contributed by atoms with Crippen LogP contribution >= 0.6 is 23.2 Å². The Kier molecular flexibility index (Phi) is 4.80. The van der Waals surface area contributed by atoms with Crippen LogP contribution in [0.3, 0.4) is 0 Å². The number of fused-ring (bicyclic) bond motifs is 1. The monoisotopic (exact) mass is 371 g/mol. The van der Waals surface area contributed by atoms with Gasteiger partial charge in [0.25, 0.3) is 0 Å². The van der Waals surface area contributed by atoms with E-state index in [1.54, 1.807) is 0 Å². The Morgan fingerprint density at radius 3 is 2.76 bits per heavy atom. The summed E-state index contributed by atoms with van der Waals surface area (Å²) in [4.78, 5) is 6.76. The summed E-state index contributed by atoms with van der Waals surface area (Å²) in [7, 11) is 0. The van der Waals surface area contributed by atoms with E-state index < -0.39 is 0 Å². The highest BCUT2D eigenvalue weighted by Crippen LogP contribution is 2.35. The van der Waals surface area contributed by atoms with Gasteiger partial charge in [-0.05, 0) is 47.9 Å². The highest BCUT2D eigenvalue weighted by Gasteiger charge is 2.27. The van der Waals surface area contributed by atoms with Gasteiger partial charge in [-0.25, -0.2) is 0 Å². The van der Waals surface area contributed by atoms with Crippen LogP contribution in [0, 0.1) is 0 Å². The van der Waals surface area contributed by atoms with Crippen molar-refractivity contribution >= 4 is 23.2 Å². The standard InChI is InChI=1S/C20H19Cl2N3/c21-17-7-6-16(12-18(17)22)20-19-5-2-9-24(19)10-3-11-25(20)14-15-4-1-8-23-13-15/h1-2,4-9,12-13,20H,3,10-11,14H2. The van der Waals surface area contributed by atoms with Crippen LogP contribution in [0.5, 0.6) is 0 Å². The summed E-state index contributed by atoms with van der Waals surface area (Å²) >= 11 is 12.5. The second kappa shape index (κ2) is 7.20. The molecule has 2 aromatic heterocycles. The van der Waals surface area contributed by atoms with Crippen LogP contribution in [-0.2, 0) is 13.1 Å². The average molecular weight is 372 g/mol. The van der Waals surface area contributed by atoms with Crippen LogP contribution in [-0.4, -0.2) is 21.0 Å². The maximum absolute atomic E-state index is 6.32. The normalized spacial score (nSPS) is 17.9. The Bertz CT molecular complexity index is 860. The first kappa shape index (κ1) is 16.6. The van der Waals surface area contributed by atoms with Crippen molar-refractivity contribution in [3.05, 3.63) is 87.9 Å². The average Bonchev–Trinajstić information content (AvgIpc) is 3.00. The summed E-state index contributed by atoms with van der Waals surface area (Å²) in [6.07, 6.45) is 7.02. The zero-order chi connectivity index (χ0) is 17.2. The Labute approximate surface area is 157 Å². The van der Waals surface area contributed by atoms with E-state index in [0.29, 0.717) is 10.0 Å². The number of pyridine rings is 1. The molecule has 5 heteroatoms. The van der Waals surface area contributed by atoms with Gasteiger partial charge in [0.1, 0.15) is 0 Å². The topological polar surface area (TPSA) is 21.1 Å². The molecule has 0 aliphatic carbocycles. The van der Waals surface area contributed by atoms with E-state index in [2.05, 4.69) is 44.9 Å². The zero-order valence-corrected chi connectivity index (χ0v) is 15.3. The van der Waals surface area contributed by atoms with E-state index >= 15 is 0 Å². The van der Waals surface area contributed by atoms with Crippen molar-refractivity contribution in [2.24, 2.45) is 0 Å². The molecule has 128 valence electrons. The largest absolute Gasteiger partial charge is 0.350 e. The Morgan fingerprint density at radius 1 is 1.04 bits per heavy atom. The summed E-state index contributed by atoms with van der Waals surface area (Å²) in [5.74, 6) is 0. The van der Waals surface area contributed by atoms with E-state index in [4.69, 9.17) is 23.2 Å². The molecule has 4 rings (SSSR count). The molecule has 1 aliphatic rings. The molecule has 0 radical (unpaired) electrons. The fourth-order valence-electron chi connectivity index (χ4n) is 3.60. The minimum atomic E-state index is 0.146. The lowest BCUT2D eigenvalue weighted by Crippen LogP contribution is -2.29. The number of nitrogens with zero attached hydrogens (tertiary/aromatic N) is 3. The Hall–Kier alpha value is -1.81. The molecular weight excluding hydrogens is 353 g/mol. The molecule has 3 heterocycles. The molecule has 0 saturated heterocycles. The molecule has 3 nitrogen and oxygen atoms in total. The van der Waals surface area contributed by atoms with Crippen LogP contribution in [0.15, 0.2) is 61.1 Å². The van der Waals surface area contributed by atoms with Crippen LogP contribution in [0.2, 0.25) is 10.0 Å². The summed E-state index contributed by atoms with van der Waals surface area (Å²) in [5.41, 5.74) is 3.67. The number of halogens is 2. The van der Waals surface area contributed by atoms with E-state index in [0.717, 1.165) is 26.1 Å². The van der Waals surface area contributed by atoms with Crippen molar-refractivity contribution in [2.75, 3.05) is 6.54 Å². The molecule has 0 N–H and O–H groups in total. The molecule has 0 amide bonds. The fraction of sp³-hybridized carbons (Fsp3) is 0.250. The summed E-state index contributed by atoms with van der Waals surface area (Å²) < 4.78 is 2.34. The molecule has 0 saturated carbocycles. The quantitative estimate of drug-likeness (QED) is 0.631. The van der Waals surface area contributed by atoms with Crippen molar-refractivity contribution in [2.45, 2.75) is 25.6 Å². The van der Waals surface area contributed by atoms with Gasteiger partial charge in [0.15, 0.2) is 0 Å². The van der Waals surface area contributed by atoms with Gasteiger partial charge in [-0.3, -0.25) is 9.88 Å². The van der Waals surface area contributed by atoms with Gasteiger partial charge in [-0.15, -0.1) is 0 Å². The number of aryl methyl sites for hydroxylation is 1. The van der Waals surface area contributed by atoms with E-state index in [1.165, 1.54) is 16.8 Å². The van der Waals surface area contributed by atoms with Crippen molar-refractivity contribution in [1.82, 2.24) is 14.5 Å². The second-order valence-electron chi connectivity index (χ2n) is 6.39. The molecule has 3 aromatic rings. The molecule has 1 aromatic carbocycles. The van der Waals surface area contributed by atoms with Crippen molar-refractivity contribution < 1.29 is 0 Å². The lowest BCUT2D eigenvalue weighted by atomic mass is 10.0. The Balaban J connectivity index is 1.76. The van der Waals surface area contributed by atoms with Gasteiger partial charge in [0.05, 0.1) is 16.1 Å². The van der Waals surface area contributed by atoms with Gasteiger partial charge < -0.3 is 4.57 Å². The molecule has 1 atom stereocenters. The van der Waals surface area contributed by atoms with Crippen LogP contribution in [0.1, 0.15) is 29.3 Å². The molecule has 0 fully saturated rings. The van der Waals surface area contributed by atoms with Crippen molar-refractivity contribution in [3.8, 4) is 0 Å². The van der Waals surface area contributed by atoms with Crippen LogP contribution in [0.25, 0.3) is 0 Å². The third kappa shape index (κ3) is 3.45. The molecular formula is C20H19Cl2N3. The number of hydrogen-bond acceptors (Lipinski definition) is 2. The second-order valence-corrected chi connectivity index (χ2v) is 7.20. The number of rotatable bonds is 3. The molecule has 1 unspecified atom stereocenters. The van der Waals surface area contributed by atoms with Crippen molar-refractivity contribution in [3.63, 3.8) is 0 Å². The maximum Gasteiger partial charge on any atom is 0.0759 e. The molecule has 1 aliphatic heterocycles. The predicted octanol–water partition coefficient (Wildman–Crippen LogP) is 5.19. The number of aromatic nitrogens is 2. The van der Waals surface area contributed by atoms with Gasteiger partial charge in [-0.2, -0.15) is 0 Å². The first-order valence-electron chi connectivity index (χ1n) is 8.45. The summed E-state index contributed by atoms with van der Waals surface area (Å²) in [5, 5.41) is 1.19. The zero-order valence-electron chi connectivity index (χ0n) is 13.8. The van der Waals surface area contributed by atoms with E-state index in [9.17, 15) is 0 Å². The van der Waals surface area contributed by atoms with Crippen LogP contribution < -0.4 is 0 Å². The highest BCUT2D eigenvalue weighted by atomic mass is 35.5. The molecule has 0 bridgehead atoms. The number of benzene rings is 1. The first-order valence-corrected chi connectivity index (χ1v) is 9.21. The molecule has 25 heavy (non-hydrogen) atoms. The van der Waals surface area contributed by atoms with Gasteiger partial charge in [-0.1, -0.05) is 35.3 Å². The van der Waals surface area contributed by atoms with E-state index in [-0.39, 0.29) is 6.04 Å². The molecule has 0 spiro atoms. The van der Waals surface area contributed by atoms with E-state index in [1.807, 2.05) is 30.6 Å². The van der Waals surface area contributed by atoms with Crippen LogP contribution in [0.4, 0.5) is 0 Å². The fourth-order valence-corrected chi connectivity index (χ4v) is 3.91. The lowest BCUT2D eigenvalue weighted by molar-refractivity contribution is 0.220. The number of hydrogen-bond donors (Lipinski definition) is 0. The van der Waals surface area contributed by atoms with Gasteiger partial charge in [0.2, 0.25) is 0 Å². The minimum Gasteiger partial charge on any atom is -0.350 e. The Morgan fingerprint density at radius 2 is 1.96 bits per heavy atom. The summed E-state index contributed by atoms with van der Waals surface area (Å²) in [6.45, 7) is 2.90. The highest BCUT2D eigenvalue weighted by molar-refractivity contribution is 6.42.